The van der Waals surface area contributed by atoms with E-state index in [0.29, 0.717) is 28.7 Å². The van der Waals surface area contributed by atoms with E-state index in [4.69, 9.17) is 5.11 Å². The van der Waals surface area contributed by atoms with Crippen molar-refractivity contribution in [1.82, 2.24) is 15.0 Å². The molecule has 19 heavy (non-hydrogen) atoms. The number of hydrogen-bond acceptors (Lipinski definition) is 5. The molecule has 0 aliphatic heterocycles. The van der Waals surface area contributed by atoms with Crippen molar-refractivity contribution in [3.05, 3.63) is 44.7 Å². The summed E-state index contributed by atoms with van der Waals surface area (Å²) in [5.41, 5.74) is 0.996. The third-order valence-corrected chi connectivity index (χ3v) is 3.01. The van der Waals surface area contributed by atoms with Crippen LogP contribution >= 0.6 is 15.9 Å². The van der Waals surface area contributed by atoms with Crippen LogP contribution in [-0.4, -0.2) is 31.6 Å². The second-order valence-corrected chi connectivity index (χ2v) is 4.79. The molecule has 0 saturated heterocycles. The highest BCUT2D eigenvalue weighted by Crippen LogP contribution is 2.26. The van der Waals surface area contributed by atoms with Gasteiger partial charge in [-0.15, -0.1) is 5.10 Å². The molecule has 0 fully saturated rings. The first-order valence-corrected chi connectivity index (χ1v) is 6.37. The van der Waals surface area contributed by atoms with Gasteiger partial charge in [0.25, 0.3) is 5.69 Å². The third kappa shape index (κ3) is 3.15. The Labute approximate surface area is 117 Å². The lowest BCUT2D eigenvalue weighted by molar-refractivity contribution is -0.384. The molecular formula is C11H11BrN4O3. The fourth-order valence-corrected chi connectivity index (χ4v) is 1.98. The van der Waals surface area contributed by atoms with Gasteiger partial charge in [-0.2, -0.15) is 0 Å². The molecule has 0 radical (unpaired) electrons. The van der Waals surface area contributed by atoms with Crippen molar-refractivity contribution in [1.29, 1.82) is 0 Å². The molecule has 0 atom stereocenters. The molecule has 0 bridgehead atoms. The first-order valence-electron chi connectivity index (χ1n) is 5.58. The summed E-state index contributed by atoms with van der Waals surface area (Å²) in [7, 11) is 0. The van der Waals surface area contributed by atoms with Gasteiger partial charge in [0.2, 0.25) is 0 Å². The van der Waals surface area contributed by atoms with Crippen LogP contribution in [0.2, 0.25) is 0 Å². The molecule has 0 spiro atoms. The molecule has 8 heteroatoms. The maximum Gasteiger partial charge on any atom is 0.296 e. The molecule has 1 aromatic carbocycles. The van der Waals surface area contributed by atoms with Crippen molar-refractivity contribution in [3.8, 4) is 5.69 Å². The largest absolute Gasteiger partial charge is 0.396 e. The number of aryl methyl sites for hydroxylation is 1. The van der Waals surface area contributed by atoms with Gasteiger partial charge in [-0.25, -0.2) is 4.68 Å². The van der Waals surface area contributed by atoms with Gasteiger partial charge < -0.3 is 5.11 Å². The SMILES string of the molecule is O=[N+]([O-])c1cc(Br)ccc1-n1cc(CCCO)nn1. The second-order valence-electron chi connectivity index (χ2n) is 3.87. The average molecular weight is 327 g/mol. The minimum Gasteiger partial charge on any atom is -0.396 e. The lowest BCUT2D eigenvalue weighted by atomic mass is 10.2. The number of hydrogen-bond donors (Lipinski definition) is 1. The molecule has 1 heterocycles. The summed E-state index contributed by atoms with van der Waals surface area (Å²) in [5, 5.41) is 27.6. The van der Waals surface area contributed by atoms with Crippen LogP contribution < -0.4 is 0 Å². The van der Waals surface area contributed by atoms with Crippen molar-refractivity contribution in [3.63, 3.8) is 0 Å². The highest BCUT2D eigenvalue weighted by molar-refractivity contribution is 9.10. The topological polar surface area (TPSA) is 94.1 Å². The zero-order valence-corrected chi connectivity index (χ0v) is 11.4. The monoisotopic (exact) mass is 326 g/mol. The normalized spacial score (nSPS) is 10.6. The van der Waals surface area contributed by atoms with Crippen molar-refractivity contribution < 1.29 is 10.0 Å². The fourth-order valence-electron chi connectivity index (χ4n) is 1.63. The summed E-state index contributed by atoms with van der Waals surface area (Å²) in [6, 6.07) is 4.73. The molecule has 0 amide bonds. The van der Waals surface area contributed by atoms with E-state index in [1.807, 2.05) is 0 Å². The predicted molar refractivity (Wildman–Crippen MR) is 71.1 cm³/mol. The van der Waals surface area contributed by atoms with E-state index in [0.717, 1.165) is 0 Å². The molecule has 0 unspecified atom stereocenters. The van der Waals surface area contributed by atoms with Crippen LogP contribution in [0.4, 0.5) is 5.69 Å². The summed E-state index contributed by atoms with van der Waals surface area (Å²) in [6.07, 6.45) is 2.80. The number of benzene rings is 1. The van der Waals surface area contributed by atoms with Gasteiger partial charge in [0.05, 0.1) is 16.8 Å². The third-order valence-electron chi connectivity index (χ3n) is 2.51. The van der Waals surface area contributed by atoms with Crippen LogP contribution in [0.15, 0.2) is 28.9 Å². The second kappa shape index (κ2) is 5.89. The summed E-state index contributed by atoms with van der Waals surface area (Å²) in [4.78, 5) is 10.6. The molecule has 2 aromatic rings. The van der Waals surface area contributed by atoms with Gasteiger partial charge in [-0.05, 0) is 25.0 Å². The molecule has 100 valence electrons. The van der Waals surface area contributed by atoms with Crippen molar-refractivity contribution in [2.24, 2.45) is 0 Å². The Morgan fingerprint density at radius 1 is 1.47 bits per heavy atom. The number of aliphatic hydroxyl groups excluding tert-OH is 1. The lowest BCUT2D eigenvalue weighted by Crippen LogP contribution is -2.00. The molecule has 7 nitrogen and oxygen atoms in total. The smallest absolute Gasteiger partial charge is 0.296 e. The van der Waals surface area contributed by atoms with Gasteiger partial charge in [-0.1, -0.05) is 21.1 Å². The highest BCUT2D eigenvalue weighted by Gasteiger charge is 2.17. The number of aromatic nitrogens is 3. The van der Waals surface area contributed by atoms with Gasteiger partial charge in [0.1, 0.15) is 5.69 Å². The standard InChI is InChI=1S/C11H11BrN4O3/c12-8-3-4-10(11(6-8)16(18)19)15-7-9(13-14-15)2-1-5-17/h3-4,6-7,17H,1-2,5H2. The van der Waals surface area contributed by atoms with Gasteiger partial charge >= 0.3 is 0 Å². The fraction of sp³-hybridized carbons (Fsp3) is 0.273. The van der Waals surface area contributed by atoms with E-state index in [1.165, 1.54) is 10.7 Å². The average Bonchev–Trinajstić information content (AvgIpc) is 2.84. The number of nitro benzene ring substituents is 1. The van der Waals surface area contributed by atoms with E-state index in [-0.39, 0.29) is 12.3 Å². The maximum absolute atomic E-state index is 11.0. The Hall–Kier alpha value is -1.80. The van der Waals surface area contributed by atoms with Gasteiger partial charge in [0.15, 0.2) is 0 Å². The van der Waals surface area contributed by atoms with E-state index in [9.17, 15) is 10.1 Å². The molecule has 1 N–H and O–H groups in total. The van der Waals surface area contributed by atoms with E-state index >= 15 is 0 Å². The van der Waals surface area contributed by atoms with E-state index in [2.05, 4.69) is 26.2 Å². The van der Waals surface area contributed by atoms with Crippen molar-refractivity contribution in [2.75, 3.05) is 6.61 Å². The summed E-state index contributed by atoms with van der Waals surface area (Å²) in [5.74, 6) is 0. The molecule has 0 saturated carbocycles. The zero-order valence-electron chi connectivity index (χ0n) is 9.86. The van der Waals surface area contributed by atoms with Crippen LogP contribution in [0.5, 0.6) is 0 Å². The maximum atomic E-state index is 11.0. The molecule has 2 rings (SSSR count). The minimum atomic E-state index is -0.463. The number of aliphatic hydroxyl groups is 1. The van der Waals surface area contributed by atoms with Gasteiger partial charge in [-0.3, -0.25) is 10.1 Å². The first-order chi connectivity index (χ1) is 9.11. The van der Waals surface area contributed by atoms with Crippen LogP contribution in [0, 0.1) is 10.1 Å². The Bertz CT molecular complexity index is 599. The van der Waals surface area contributed by atoms with Crippen LogP contribution in [0.1, 0.15) is 12.1 Å². The number of nitro groups is 1. The summed E-state index contributed by atoms with van der Waals surface area (Å²) in [6.45, 7) is 0.0747. The molecule has 0 aliphatic rings. The molecule has 1 aromatic heterocycles. The van der Waals surface area contributed by atoms with E-state index in [1.54, 1.807) is 18.3 Å². The van der Waals surface area contributed by atoms with Crippen molar-refractivity contribution >= 4 is 21.6 Å². The van der Waals surface area contributed by atoms with Crippen LogP contribution in [0.25, 0.3) is 5.69 Å². The number of halogens is 1. The van der Waals surface area contributed by atoms with E-state index < -0.39 is 4.92 Å². The quantitative estimate of drug-likeness (QED) is 0.668. The zero-order chi connectivity index (χ0) is 13.8. The molecule has 0 aliphatic carbocycles. The van der Waals surface area contributed by atoms with Crippen LogP contribution in [0.3, 0.4) is 0 Å². The Balaban J connectivity index is 2.36. The summed E-state index contributed by atoms with van der Waals surface area (Å²) >= 11 is 3.20. The molecular weight excluding hydrogens is 316 g/mol. The Morgan fingerprint density at radius 3 is 2.95 bits per heavy atom. The Kier molecular flexibility index (Phi) is 4.23. The Morgan fingerprint density at radius 2 is 2.26 bits per heavy atom. The lowest BCUT2D eigenvalue weighted by Gasteiger charge is -2.02. The van der Waals surface area contributed by atoms with Crippen LogP contribution in [-0.2, 0) is 6.42 Å². The summed E-state index contributed by atoms with van der Waals surface area (Å²) < 4.78 is 2.00. The first kappa shape index (κ1) is 13.6. The van der Waals surface area contributed by atoms with Gasteiger partial charge in [0, 0.05) is 17.1 Å². The minimum absolute atomic E-state index is 0.0482. The highest BCUT2D eigenvalue weighted by atomic mass is 79.9. The number of nitrogens with zero attached hydrogens (tertiary/aromatic N) is 4. The predicted octanol–water partition coefficient (Wildman–Crippen LogP) is 1.86. The number of rotatable bonds is 5. The van der Waals surface area contributed by atoms with Crippen molar-refractivity contribution in [2.45, 2.75) is 12.8 Å².